The molecular formula is C26H33N5O2. The van der Waals surface area contributed by atoms with E-state index >= 15 is 0 Å². The maximum atomic E-state index is 12.4. The molecule has 3 aromatic rings. The van der Waals surface area contributed by atoms with Gasteiger partial charge in [-0.3, -0.25) is 4.79 Å². The highest BCUT2D eigenvalue weighted by atomic mass is 16.5. The third kappa shape index (κ3) is 8.11. The Kier molecular flexibility index (Phi) is 9.06. The molecule has 1 amide bonds. The van der Waals surface area contributed by atoms with Gasteiger partial charge in [0.2, 0.25) is 5.95 Å². The lowest BCUT2D eigenvalue weighted by Gasteiger charge is -2.11. The summed E-state index contributed by atoms with van der Waals surface area (Å²) in [6, 6.07) is 17.3. The Labute approximate surface area is 196 Å². The van der Waals surface area contributed by atoms with Crippen molar-refractivity contribution >= 4 is 23.4 Å². The summed E-state index contributed by atoms with van der Waals surface area (Å²) in [5.74, 6) is 1.90. The van der Waals surface area contributed by atoms with Gasteiger partial charge in [-0.05, 0) is 56.7 Å². The number of aryl methyl sites for hydroxylation is 2. The average Bonchev–Trinajstić information content (AvgIpc) is 2.81. The molecule has 7 heteroatoms. The second kappa shape index (κ2) is 12.4. The number of benzene rings is 2. The Bertz CT molecular complexity index is 1020. The molecule has 0 bridgehead atoms. The van der Waals surface area contributed by atoms with Gasteiger partial charge in [0.1, 0.15) is 11.6 Å². The lowest BCUT2D eigenvalue weighted by atomic mass is 10.2. The standard InChI is InChI=1S/C26H33N5O2/c1-4-5-6-17-33-23-13-9-21(10-14-23)25(32)27-15-16-28-26-29-20(3)18-24(31-26)30-22-11-7-19(2)8-12-22/h7-14,18H,4-6,15-17H2,1-3H3,(H,27,32)(H2,28,29,30,31). The van der Waals surface area contributed by atoms with Crippen LogP contribution >= 0.6 is 0 Å². The van der Waals surface area contributed by atoms with Gasteiger partial charge in [0.25, 0.3) is 5.91 Å². The SMILES string of the molecule is CCCCCOc1ccc(C(=O)NCCNc2nc(C)cc(Nc3ccc(C)cc3)n2)cc1. The number of anilines is 3. The van der Waals surface area contributed by atoms with Gasteiger partial charge in [-0.2, -0.15) is 4.98 Å². The monoisotopic (exact) mass is 447 g/mol. The fraction of sp³-hybridized carbons (Fsp3) is 0.346. The number of carbonyl (C=O) groups excluding carboxylic acids is 1. The van der Waals surface area contributed by atoms with E-state index in [2.05, 4.69) is 39.8 Å². The molecule has 2 aromatic carbocycles. The van der Waals surface area contributed by atoms with Crippen molar-refractivity contribution in [3.8, 4) is 5.75 Å². The minimum atomic E-state index is -0.124. The van der Waals surface area contributed by atoms with Crippen LogP contribution in [0.25, 0.3) is 0 Å². The summed E-state index contributed by atoms with van der Waals surface area (Å²) in [5, 5.41) is 9.38. The maximum Gasteiger partial charge on any atom is 0.251 e. The summed E-state index contributed by atoms with van der Waals surface area (Å²) < 4.78 is 5.69. The molecule has 3 rings (SSSR count). The third-order valence-electron chi connectivity index (χ3n) is 5.00. The molecule has 1 aromatic heterocycles. The number of aromatic nitrogens is 2. The fourth-order valence-electron chi connectivity index (χ4n) is 3.19. The van der Waals surface area contributed by atoms with Gasteiger partial charge in [-0.15, -0.1) is 0 Å². The molecule has 0 saturated heterocycles. The second-order valence-corrected chi connectivity index (χ2v) is 7.97. The zero-order valence-corrected chi connectivity index (χ0v) is 19.6. The van der Waals surface area contributed by atoms with Crippen molar-refractivity contribution in [1.82, 2.24) is 15.3 Å². The van der Waals surface area contributed by atoms with Gasteiger partial charge >= 0.3 is 0 Å². The first-order valence-corrected chi connectivity index (χ1v) is 11.5. The number of rotatable bonds is 12. The topological polar surface area (TPSA) is 88.2 Å². The molecule has 0 radical (unpaired) electrons. The molecule has 0 aliphatic heterocycles. The molecule has 0 unspecified atom stereocenters. The summed E-state index contributed by atoms with van der Waals surface area (Å²) >= 11 is 0. The smallest absolute Gasteiger partial charge is 0.251 e. The van der Waals surface area contributed by atoms with E-state index in [-0.39, 0.29) is 5.91 Å². The zero-order chi connectivity index (χ0) is 23.5. The summed E-state index contributed by atoms with van der Waals surface area (Å²) in [6.45, 7) is 7.81. The highest BCUT2D eigenvalue weighted by molar-refractivity contribution is 5.94. The first-order chi connectivity index (χ1) is 16.0. The molecule has 0 spiro atoms. The molecule has 3 N–H and O–H groups in total. The van der Waals surface area contributed by atoms with Gasteiger partial charge in [-0.25, -0.2) is 4.98 Å². The van der Waals surface area contributed by atoms with Crippen LogP contribution in [0, 0.1) is 13.8 Å². The van der Waals surface area contributed by atoms with Crippen LogP contribution in [-0.4, -0.2) is 35.6 Å². The molecule has 1 heterocycles. The fourth-order valence-corrected chi connectivity index (χ4v) is 3.19. The quantitative estimate of drug-likeness (QED) is 0.329. The summed E-state index contributed by atoms with van der Waals surface area (Å²) in [4.78, 5) is 21.3. The zero-order valence-electron chi connectivity index (χ0n) is 19.6. The van der Waals surface area contributed by atoms with Crippen molar-refractivity contribution in [3.63, 3.8) is 0 Å². The first kappa shape index (κ1) is 24.0. The molecule has 174 valence electrons. The van der Waals surface area contributed by atoms with Crippen LogP contribution in [0.3, 0.4) is 0 Å². The average molecular weight is 448 g/mol. The van der Waals surface area contributed by atoms with E-state index in [4.69, 9.17) is 4.74 Å². The number of amides is 1. The molecule has 33 heavy (non-hydrogen) atoms. The Hall–Kier alpha value is -3.61. The molecule has 0 aliphatic carbocycles. The summed E-state index contributed by atoms with van der Waals surface area (Å²) in [5.41, 5.74) is 3.63. The van der Waals surface area contributed by atoms with Crippen LogP contribution in [-0.2, 0) is 0 Å². The predicted molar refractivity (Wildman–Crippen MR) is 134 cm³/mol. The van der Waals surface area contributed by atoms with Crippen molar-refractivity contribution in [2.45, 2.75) is 40.0 Å². The van der Waals surface area contributed by atoms with E-state index in [0.29, 0.717) is 31.2 Å². The van der Waals surface area contributed by atoms with Crippen LogP contribution in [0.1, 0.15) is 47.8 Å². The highest BCUT2D eigenvalue weighted by Gasteiger charge is 2.06. The van der Waals surface area contributed by atoms with Crippen molar-refractivity contribution in [1.29, 1.82) is 0 Å². The molecule has 0 saturated carbocycles. The Morgan fingerprint density at radius 2 is 1.70 bits per heavy atom. The Morgan fingerprint density at radius 3 is 2.42 bits per heavy atom. The molecule has 0 aliphatic rings. The molecular weight excluding hydrogens is 414 g/mol. The van der Waals surface area contributed by atoms with Crippen LogP contribution in [0.2, 0.25) is 0 Å². The normalized spacial score (nSPS) is 10.5. The van der Waals surface area contributed by atoms with E-state index in [9.17, 15) is 4.79 Å². The Balaban J connectivity index is 1.44. The van der Waals surface area contributed by atoms with Crippen LogP contribution in [0.5, 0.6) is 5.75 Å². The first-order valence-electron chi connectivity index (χ1n) is 11.5. The number of nitrogens with one attached hydrogen (secondary N) is 3. The van der Waals surface area contributed by atoms with Gasteiger partial charge in [0.15, 0.2) is 0 Å². The van der Waals surface area contributed by atoms with Crippen molar-refractivity contribution in [2.75, 3.05) is 30.3 Å². The van der Waals surface area contributed by atoms with Gasteiger partial charge < -0.3 is 20.7 Å². The lowest BCUT2D eigenvalue weighted by molar-refractivity contribution is 0.0955. The number of hydrogen-bond donors (Lipinski definition) is 3. The van der Waals surface area contributed by atoms with E-state index in [0.717, 1.165) is 35.8 Å². The molecule has 0 fully saturated rings. The van der Waals surface area contributed by atoms with E-state index in [1.807, 2.05) is 49.4 Å². The lowest BCUT2D eigenvalue weighted by Crippen LogP contribution is -2.29. The number of carbonyl (C=O) groups is 1. The van der Waals surface area contributed by atoms with E-state index in [1.54, 1.807) is 12.1 Å². The van der Waals surface area contributed by atoms with Gasteiger partial charge in [0.05, 0.1) is 6.61 Å². The summed E-state index contributed by atoms with van der Waals surface area (Å²) in [7, 11) is 0. The molecule has 0 atom stereocenters. The second-order valence-electron chi connectivity index (χ2n) is 7.97. The number of nitrogens with zero attached hydrogens (tertiary/aromatic N) is 2. The number of unbranched alkanes of at least 4 members (excludes halogenated alkanes) is 2. The van der Waals surface area contributed by atoms with Crippen LogP contribution in [0.4, 0.5) is 17.5 Å². The third-order valence-corrected chi connectivity index (χ3v) is 5.00. The van der Waals surface area contributed by atoms with Gasteiger partial charge in [0, 0.05) is 36.1 Å². The summed E-state index contributed by atoms with van der Waals surface area (Å²) in [6.07, 6.45) is 3.37. The van der Waals surface area contributed by atoms with Crippen LogP contribution < -0.4 is 20.7 Å². The Morgan fingerprint density at radius 1 is 0.939 bits per heavy atom. The van der Waals surface area contributed by atoms with Crippen molar-refractivity contribution in [2.24, 2.45) is 0 Å². The van der Waals surface area contributed by atoms with Crippen molar-refractivity contribution < 1.29 is 9.53 Å². The number of ether oxygens (including phenoxy) is 1. The molecule has 7 nitrogen and oxygen atoms in total. The van der Waals surface area contributed by atoms with Crippen molar-refractivity contribution in [3.05, 3.63) is 71.4 Å². The van der Waals surface area contributed by atoms with E-state index in [1.165, 1.54) is 12.0 Å². The van der Waals surface area contributed by atoms with E-state index < -0.39 is 0 Å². The minimum absolute atomic E-state index is 0.124. The highest BCUT2D eigenvalue weighted by Crippen LogP contribution is 2.17. The maximum absolute atomic E-state index is 12.4. The van der Waals surface area contributed by atoms with Gasteiger partial charge in [-0.1, -0.05) is 37.5 Å². The minimum Gasteiger partial charge on any atom is -0.494 e. The number of hydrogen-bond acceptors (Lipinski definition) is 6. The van der Waals surface area contributed by atoms with Crippen LogP contribution in [0.15, 0.2) is 54.6 Å². The predicted octanol–water partition coefficient (Wildman–Crippen LogP) is 5.25. The largest absolute Gasteiger partial charge is 0.494 e.